The first-order valence-electron chi connectivity index (χ1n) is 8.06. The molecule has 2 rings (SSSR count). The Labute approximate surface area is 128 Å². The van der Waals surface area contributed by atoms with Gasteiger partial charge in [0.15, 0.2) is 0 Å². The number of rotatable bonds is 9. The maximum atomic E-state index is 5.27. The summed E-state index contributed by atoms with van der Waals surface area (Å²) < 4.78 is 5.27. The molecular weight excluding hydrogens is 262 g/mol. The van der Waals surface area contributed by atoms with E-state index in [1.165, 1.54) is 12.8 Å². The van der Waals surface area contributed by atoms with Crippen LogP contribution >= 0.6 is 0 Å². The Morgan fingerprint density at radius 3 is 2.71 bits per heavy atom. The van der Waals surface area contributed by atoms with E-state index in [-0.39, 0.29) is 0 Å². The number of pyridine rings is 1. The van der Waals surface area contributed by atoms with Crippen LogP contribution in [0.15, 0.2) is 18.2 Å². The molecule has 1 aromatic heterocycles. The standard InChI is InChI=1S/C17H29N3O/c1-13(2)18-12-16-6-5-7-17(19-16)20(10-11-21-4)14(3)15-8-9-15/h5-7,13-15,18H,8-12H2,1-4H3. The van der Waals surface area contributed by atoms with Gasteiger partial charge in [-0.3, -0.25) is 0 Å². The van der Waals surface area contributed by atoms with E-state index in [2.05, 4.69) is 49.2 Å². The number of aromatic nitrogens is 1. The fourth-order valence-electron chi connectivity index (χ4n) is 2.58. The molecule has 4 heteroatoms. The molecular formula is C17H29N3O. The van der Waals surface area contributed by atoms with Crippen molar-refractivity contribution in [3.8, 4) is 0 Å². The molecule has 1 N–H and O–H groups in total. The lowest BCUT2D eigenvalue weighted by Crippen LogP contribution is -2.38. The molecule has 0 amide bonds. The van der Waals surface area contributed by atoms with Crippen molar-refractivity contribution in [3.63, 3.8) is 0 Å². The van der Waals surface area contributed by atoms with E-state index in [9.17, 15) is 0 Å². The molecule has 21 heavy (non-hydrogen) atoms. The van der Waals surface area contributed by atoms with Gasteiger partial charge in [0.05, 0.1) is 12.3 Å². The maximum Gasteiger partial charge on any atom is 0.129 e. The van der Waals surface area contributed by atoms with Crippen molar-refractivity contribution in [2.75, 3.05) is 25.2 Å². The predicted molar refractivity (Wildman–Crippen MR) is 87.6 cm³/mol. The molecule has 1 fully saturated rings. The second kappa shape index (κ2) is 7.76. The van der Waals surface area contributed by atoms with Crippen LogP contribution in [0.5, 0.6) is 0 Å². The van der Waals surface area contributed by atoms with Gasteiger partial charge in [0, 0.05) is 32.3 Å². The zero-order valence-corrected chi connectivity index (χ0v) is 13.8. The molecule has 1 heterocycles. The second-order valence-corrected chi connectivity index (χ2v) is 6.29. The Morgan fingerprint density at radius 1 is 1.33 bits per heavy atom. The van der Waals surface area contributed by atoms with Crippen LogP contribution in [0.1, 0.15) is 39.3 Å². The molecule has 0 aliphatic heterocycles. The van der Waals surface area contributed by atoms with Crippen LogP contribution < -0.4 is 10.2 Å². The SMILES string of the molecule is COCCN(c1cccc(CNC(C)C)n1)C(C)C1CC1. The molecule has 1 aliphatic carbocycles. The van der Waals surface area contributed by atoms with Crippen LogP contribution in [0.3, 0.4) is 0 Å². The highest BCUT2D eigenvalue weighted by molar-refractivity contribution is 5.41. The summed E-state index contributed by atoms with van der Waals surface area (Å²) in [6.07, 6.45) is 2.69. The summed E-state index contributed by atoms with van der Waals surface area (Å²) in [4.78, 5) is 7.24. The Kier molecular flexibility index (Phi) is 6.00. The summed E-state index contributed by atoms with van der Waals surface area (Å²) in [6.45, 7) is 9.10. The highest BCUT2D eigenvalue weighted by Gasteiger charge is 2.32. The van der Waals surface area contributed by atoms with Crippen LogP contribution in [-0.4, -0.2) is 37.3 Å². The molecule has 0 spiro atoms. The lowest BCUT2D eigenvalue weighted by atomic mass is 10.1. The summed E-state index contributed by atoms with van der Waals surface area (Å²) in [6, 6.07) is 7.34. The first-order valence-corrected chi connectivity index (χ1v) is 8.06. The first-order chi connectivity index (χ1) is 10.1. The third-order valence-corrected chi connectivity index (χ3v) is 4.11. The van der Waals surface area contributed by atoms with Gasteiger partial charge in [0.25, 0.3) is 0 Å². The fourth-order valence-corrected chi connectivity index (χ4v) is 2.58. The van der Waals surface area contributed by atoms with Crippen molar-refractivity contribution in [2.45, 2.75) is 52.2 Å². The quantitative estimate of drug-likeness (QED) is 0.759. The molecule has 1 aromatic rings. The molecule has 1 saturated carbocycles. The highest BCUT2D eigenvalue weighted by atomic mass is 16.5. The van der Waals surface area contributed by atoms with Gasteiger partial charge < -0.3 is 15.0 Å². The third-order valence-electron chi connectivity index (χ3n) is 4.11. The topological polar surface area (TPSA) is 37.4 Å². The molecule has 0 radical (unpaired) electrons. The van der Waals surface area contributed by atoms with Crippen LogP contribution in [0, 0.1) is 5.92 Å². The number of hydrogen-bond acceptors (Lipinski definition) is 4. The summed E-state index contributed by atoms with van der Waals surface area (Å²) in [5.41, 5.74) is 1.10. The minimum absolute atomic E-state index is 0.477. The fraction of sp³-hybridized carbons (Fsp3) is 0.706. The lowest BCUT2D eigenvalue weighted by Gasteiger charge is -2.30. The first kappa shape index (κ1) is 16.2. The molecule has 0 bridgehead atoms. The predicted octanol–water partition coefficient (Wildman–Crippen LogP) is 2.83. The Hall–Kier alpha value is -1.13. The molecule has 0 aromatic carbocycles. The molecule has 4 nitrogen and oxygen atoms in total. The number of hydrogen-bond donors (Lipinski definition) is 1. The summed E-state index contributed by atoms with van der Waals surface area (Å²) in [7, 11) is 1.76. The molecule has 1 aliphatic rings. The maximum absolute atomic E-state index is 5.27. The van der Waals surface area contributed by atoms with Crippen molar-refractivity contribution in [2.24, 2.45) is 5.92 Å². The number of anilines is 1. The van der Waals surface area contributed by atoms with Crippen molar-refractivity contribution in [1.82, 2.24) is 10.3 Å². The summed E-state index contributed by atoms with van der Waals surface area (Å²) in [5, 5.41) is 3.43. The Bertz CT molecular complexity index is 432. The highest BCUT2D eigenvalue weighted by Crippen LogP contribution is 2.36. The smallest absolute Gasteiger partial charge is 0.129 e. The van der Waals surface area contributed by atoms with E-state index in [1.807, 2.05) is 0 Å². The number of methoxy groups -OCH3 is 1. The van der Waals surface area contributed by atoms with E-state index in [1.54, 1.807) is 7.11 Å². The monoisotopic (exact) mass is 291 g/mol. The molecule has 1 atom stereocenters. The van der Waals surface area contributed by atoms with Crippen molar-refractivity contribution < 1.29 is 4.74 Å². The van der Waals surface area contributed by atoms with E-state index >= 15 is 0 Å². The average molecular weight is 291 g/mol. The van der Waals surface area contributed by atoms with E-state index in [0.29, 0.717) is 12.1 Å². The second-order valence-electron chi connectivity index (χ2n) is 6.29. The van der Waals surface area contributed by atoms with Crippen LogP contribution in [0.25, 0.3) is 0 Å². The normalized spacial score (nSPS) is 16.2. The summed E-state index contributed by atoms with van der Waals surface area (Å²) in [5.74, 6) is 1.90. The minimum atomic E-state index is 0.477. The molecule has 118 valence electrons. The van der Waals surface area contributed by atoms with Crippen molar-refractivity contribution in [3.05, 3.63) is 23.9 Å². The zero-order valence-electron chi connectivity index (χ0n) is 13.8. The van der Waals surface area contributed by atoms with E-state index in [0.717, 1.165) is 37.1 Å². The van der Waals surface area contributed by atoms with Crippen molar-refractivity contribution in [1.29, 1.82) is 0 Å². The van der Waals surface area contributed by atoms with Gasteiger partial charge in [-0.2, -0.15) is 0 Å². The van der Waals surface area contributed by atoms with Gasteiger partial charge in [0.1, 0.15) is 5.82 Å². The van der Waals surface area contributed by atoms with Gasteiger partial charge in [-0.25, -0.2) is 4.98 Å². The van der Waals surface area contributed by atoms with E-state index in [4.69, 9.17) is 9.72 Å². The Balaban J connectivity index is 2.08. The summed E-state index contributed by atoms with van der Waals surface area (Å²) >= 11 is 0. The zero-order chi connectivity index (χ0) is 15.2. The van der Waals surface area contributed by atoms with Gasteiger partial charge in [0.2, 0.25) is 0 Å². The number of nitrogens with one attached hydrogen (secondary N) is 1. The van der Waals surface area contributed by atoms with Gasteiger partial charge >= 0.3 is 0 Å². The van der Waals surface area contributed by atoms with Gasteiger partial charge in [-0.1, -0.05) is 19.9 Å². The largest absolute Gasteiger partial charge is 0.383 e. The average Bonchev–Trinajstić information content (AvgIpc) is 3.30. The number of nitrogens with zero attached hydrogens (tertiary/aromatic N) is 2. The minimum Gasteiger partial charge on any atom is -0.383 e. The molecule has 0 saturated heterocycles. The van der Waals surface area contributed by atoms with E-state index < -0.39 is 0 Å². The van der Waals surface area contributed by atoms with Crippen molar-refractivity contribution >= 4 is 5.82 Å². The van der Waals surface area contributed by atoms with Gasteiger partial charge in [-0.05, 0) is 37.8 Å². The molecule has 1 unspecified atom stereocenters. The Morgan fingerprint density at radius 2 is 2.10 bits per heavy atom. The van der Waals surface area contributed by atoms with Crippen LogP contribution in [0.4, 0.5) is 5.82 Å². The number of ether oxygens (including phenoxy) is 1. The van der Waals surface area contributed by atoms with Crippen LogP contribution in [-0.2, 0) is 11.3 Å². The van der Waals surface area contributed by atoms with Gasteiger partial charge in [-0.15, -0.1) is 0 Å². The third kappa shape index (κ3) is 4.97. The van der Waals surface area contributed by atoms with Crippen LogP contribution in [0.2, 0.25) is 0 Å². The lowest BCUT2D eigenvalue weighted by molar-refractivity contribution is 0.202.